The minimum Gasteiger partial charge on any atom is -0.353 e. The number of aryl methyl sites for hydroxylation is 2. The summed E-state index contributed by atoms with van der Waals surface area (Å²) in [7, 11) is 0. The fourth-order valence-electron chi connectivity index (χ4n) is 3.55. The van der Waals surface area contributed by atoms with Crippen LogP contribution in [0, 0.1) is 6.92 Å². The smallest absolute Gasteiger partial charge is 0.224 e. The van der Waals surface area contributed by atoms with E-state index in [1.807, 2.05) is 42.5 Å². The molecule has 4 nitrogen and oxygen atoms in total. The van der Waals surface area contributed by atoms with Crippen LogP contribution in [0.25, 0.3) is 22.3 Å². The lowest BCUT2D eigenvalue weighted by Crippen LogP contribution is -2.11. The highest BCUT2D eigenvalue weighted by Gasteiger charge is 2.15. The molecule has 0 spiro atoms. The predicted molar refractivity (Wildman–Crippen MR) is 122 cm³/mol. The van der Waals surface area contributed by atoms with Crippen molar-refractivity contribution in [2.75, 3.05) is 5.32 Å². The quantitative estimate of drug-likeness (QED) is 0.366. The zero-order valence-corrected chi connectivity index (χ0v) is 17.8. The number of aromatic amines is 1. The summed E-state index contributed by atoms with van der Waals surface area (Å²) < 4.78 is 0.887. The van der Waals surface area contributed by atoms with Crippen LogP contribution in [0.3, 0.4) is 0 Å². The molecular weight excluding hydrogens is 426 g/mol. The number of carbonyl (C=O) groups is 1. The highest BCUT2D eigenvalue weighted by atomic mass is 79.9. The molecule has 0 aliphatic rings. The van der Waals surface area contributed by atoms with Gasteiger partial charge in [-0.3, -0.25) is 9.78 Å². The molecule has 5 heteroatoms. The molecule has 0 aliphatic carbocycles. The lowest BCUT2D eigenvalue weighted by molar-refractivity contribution is -0.116. The molecule has 0 saturated heterocycles. The molecule has 146 valence electrons. The van der Waals surface area contributed by atoms with E-state index in [4.69, 9.17) is 0 Å². The Hall–Kier alpha value is -2.92. The topological polar surface area (TPSA) is 57.8 Å². The average molecular weight is 448 g/mol. The lowest BCUT2D eigenvalue weighted by Gasteiger charge is -2.08. The van der Waals surface area contributed by atoms with Crippen LogP contribution in [-0.2, 0) is 11.2 Å². The second-order valence-corrected chi connectivity index (χ2v) is 7.98. The van der Waals surface area contributed by atoms with Gasteiger partial charge in [0.15, 0.2) is 0 Å². The summed E-state index contributed by atoms with van der Waals surface area (Å²) in [6, 6.07) is 20.0. The van der Waals surface area contributed by atoms with E-state index in [9.17, 15) is 4.79 Å². The molecule has 0 radical (unpaired) electrons. The maximum absolute atomic E-state index is 12.4. The summed E-state index contributed by atoms with van der Waals surface area (Å²) in [5, 5.41) is 4.18. The molecule has 0 atom stereocenters. The SMILES string of the molecule is Cc1ccc2[nH]c(-c3ccccn3)c(CCCC(=O)Nc3ccccc3Br)c2c1. The van der Waals surface area contributed by atoms with Crippen molar-refractivity contribution in [2.24, 2.45) is 0 Å². The molecule has 0 aliphatic heterocycles. The van der Waals surface area contributed by atoms with Gasteiger partial charge < -0.3 is 10.3 Å². The van der Waals surface area contributed by atoms with Crippen molar-refractivity contribution in [3.8, 4) is 11.4 Å². The summed E-state index contributed by atoms with van der Waals surface area (Å²) >= 11 is 3.47. The van der Waals surface area contributed by atoms with E-state index in [2.05, 4.69) is 56.3 Å². The van der Waals surface area contributed by atoms with Gasteiger partial charge in [-0.25, -0.2) is 0 Å². The highest BCUT2D eigenvalue weighted by Crippen LogP contribution is 2.31. The van der Waals surface area contributed by atoms with Gasteiger partial charge in [-0.15, -0.1) is 0 Å². The van der Waals surface area contributed by atoms with Crippen LogP contribution in [0.1, 0.15) is 24.0 Å². The average Bonchev–Trinajstić information content (AvgIpc) is 3.08. The Morgan fingerprint density at radius 2 is 1.93 bits per heavy atom. The third-order valence-corrected chi connectivity index (χ3v) is 5.65. The van der Waals surface area contributed by atoms with Gasteiger partial charge in [0.2, 0.25) is 5.91 Å². The molecule has 0 saturated carbocycles. The zero-order valence-electron chi connectivity index (χ0n) is 16.2. The van der Waals surface area contributed by atoms with E-state index in [1.165, 1.54) is 16.5 Å². The van der Waals surface area contributed by atoms with Crippen LogP contribution >= 0.6 is 15.9 Å². The predicted octanol–water partition coefficient (Wildman–Crippen LogP) is 6.26. The second-order valence-electron chi connectivity index (χ2n) is 7.12. The normalized spacial score (nSPS) is 11.0. The Kier molecular flexibility index (Phi) is 5.76. The highest BCUT2D eigenvalue weighted by molar-refractivity contribution is 9.10. The fraction of sp³-hybridized carbons (Fsp3) is 0.167. The molecule has 4 rings (SSSR count). The first-order valence-corrected chi connectivity index (χ1v) is 10.5. The van der Waals surface area contributed by atoms with Crippen molar-refractivity contribution in [2.45, 2.75) is 26.2 Å². The Morgan fingerprint density at radius 3 is 2.72 bits per heavy atom. The number of carbonyl (C=O) groups excluding carboxylic acids is 1. The Bertz CT molecular complexity index is 1150. The summed E-state index contributed by atoms with van der Waals surface area (Å²) in [5.41, 5.74) is 6.30. The molecule has 0 unspecified atom stereocenters. The number of pyridine rings is 1. The minimum absolute atomic E-state index is 0.0207. The number of benzene rings is 2. The summed E-state index contributed by atoms with van der Waals surface area (Å²) in [5.74, 6) is 0.0207. The van der Waals surface area contributed by atoms with Gasteiger partial charge >= 0.3 is 0 Å². The number of nitrogens with one attached hydrogen (secondary N) is 2. The monoisotopic (exact) mass is 447 g/mol. The maximum Gasteiger partial charge on any atom is 0.224 e. The number of nitrogens with zero attached hydrogens (tertiary/aromatic N) is 1. The minimum atomic E-state index is 0.0207. The molecule has 29 heavy (non-hydrogen) atoms. The third-order valence-electron chi connectivity index (χ3n) is 4.96. The van der Waals surface area contributed by atoms with Crippen LogP contribution in [0.5, 0.6) is 0 Å². The summed E-state index contributed by atoms with van der Waals surface area (Å²) in [4.78, 5) is 20.5. The van der Waals surface area contributed by atoms with Crippen molar-refractivity contribution < 1.29 is 4.79 Å². The number of hydrogen-bond donors (Lipinski definition) is 2. The van der Waals surface area contributed by atoms with Gasteiger partial charge in [-0.05, 0) is 77.7 Å². The summed E-state index contributed by atoms with van der Waals surface area (Å²) in [6.45, 7) is 2.10. The van der Waals surface area contributed by atoms with Crippen molar-refractivity contribution in [1.29, 1.82) is 0 Å². The Morgan fingerprint density at radius 1 is 1.10 bits per heavy atom. The first-order chi connectivity index (χ1) is 14.1. The third kappa shape index (κ3) is 4.40. The fourth-order valence-corrected chi connectivity index (χ4v) is 3.94. The molecule has 2 aromatic heterocycles. The molecule has 0 fully saturated rings. The molecule has 4 aromatic rings. The standard InChI is InChI=1S/C24H22BrN3O/c1-16-12-13-20-18(15-16)17(24(28-20)22-10-4-5-14-26-22)7-6-11-23(29)27-21-9-3-2-8-19(21)25/h2-5,8-10,12-15,28H,6-7,11H2,1H3,(H,27,29). The van der Waals surface area contributed by atoms with E-state index in [-0.39, 0.29) is 5.91 Å². The molecule has 1 amide bonds. The van der Waals surface area contributed by atoms with Crippen molar-refractivity contribution in [3.05, 3.63) is 82.5 Å². The lowest BCUT2D eigenvalue weighted by atomic mass is 10.0. The number of fused-ring (bicyclic) bond motifs is 1. The van der Waals surface area contributed by atoms with E-state index in [0.717, 1.165) is 39.9 Å². The van der Waals surface area contributed by atoms with Crippen LogP contribution in [0.4, 0.5) is 5.69 Å². The van der Waals surface area contributed by atoms with E-state index in [0.29, 0.717) is 6.42 Å². The number of aromatic nitrogens is 2. The summed E-state index contributed by atoms with van der Waals surface area (Å²) in [6.07, 6.45) is 3.83. The van der Waals surface area contributed by atoms with Crippen LogP contribution in [0.2, 0.25) is 0 Å². The van der Waals surface area contributed by atoms with E-state index < -0.39 is 0 Å². The number of amides is 1. The van der Waals surface area contributed by atoms with Crippen molar-refractivity contribution >= 4 is 38.4 Å². The number of H-pyrrole nitrogens is 1. The Balaban J connectivity index is 1.53. The molecule has 2 heterocycles. The van der Waals surface area contributed by atoms with Gasteiger partial charge in [-0.1, -0.05) is 29.8 Å². The Labute approximate surface area is 178 Å². The van der Waals surface area contributed by atoms with E-state index >= 15 is 0 Å². The van der Waals surface area contributed by atoms with Gasteiger partial charge in [0.05, 0.1) is 17.1 Å². The number of rotatable bonds is 6. The first kappa shape index (κ1) is 19.4. The van der Waals surface area contributed by atoms with Crippen LogP contribution < -0.4 is 5.32 Å². The molecular formula is C24H22BrN3O. The molecule has 2 N–H and O–H groups in total. The van der Waals surface area contributed by atoms with Crippen LogP contribution in [-0.4, -0.2) is 15.9 Å². The number of anilines is 1. The largest absolute Gasteiger partial charge is 0.353 e. The van der Waals surface area contributed by atoms with Gasteiger partial charge in [0.25, 0.3) is 0 Å². The number of para-hydroxylation sites is 1. The molecule has 2 aromatic carbocycles. The number of hydrogen-bond acceptors (Lipinski definition) is 2. The zero-order chi connectivity index (χ0) is 20.2. The van der Waals surface area contributed by atoms with Crippen LogP contribution in [0.15, 0.2) is 71.3 Å². The van der Waals surface area contributed by atoms with Gasteiger partial charge in [-0.2, -0.15) is 0 Å². The van der Waals surface area contributed by atoms with Gasteiger partial charge in [0, 0.05) is 28.0 Å². The molecule has 0 bridgehead atoms. The second kappa shape index (κ2) is 8.62. The van der Waals surface area contributed by atoms with Gasteiger partial charge in [0.1, 0.15) is 0 Å². The number of halogens is 1. The first-order valence-electron chi connectivity index (χ1n) is 9.69. The van der Waals surface area contributed by atoms with Crippen molar-refractivity contribution in [1.82, 2.24) is 9.97 Å². The maximum atomic E-state index is 12.4. The van der Waals surface area contributed by atoms with E-state index in [1.54, 1.807) is 6.20 Å². The van der Waals surface area contributed by atoms with Crippen molar-refractivity contribution in [3.63, 3.8) is 0 Å².